The van der Waals surface area contributed by atoms with Gasteiger partial charge in [0.2, 0.25) is 53.2 Å². The molecular formula is C40H66N10O19. The molecule has 3 aliphatic rings. The van der Waals surface area contributed by atoms with Crippen LogP contribution >= 0.6 is 0 Å². The van der Waals surface area contributed by atoms with E-state index in [2.05, 4.69) is 37.2 Å². The molecule has 0 spiro atoms. The lowest BCUT2D eigenvalue weighted by atomic mass is 9.95. The Morgan fingerprint density at radius 2 is 1.38 bits per heavy atom. The van der Waals surface area contributed by atoms with E-state index in [0.717, 1.165) is 6.92 Å². The Bertz CT molecular complexity index is 1860. The summed E-state index contributed by atoms with van der Waals surface area (Å²) in [6.07, 6.45) is -13.0. The molecule has 2 bridgehead atoms. The summed E-state index contributed by atoms with van der Waals surface area (Å²) in [5.74, 6) is -8.44. The van der Waals surface area contributed by atoms with Crippen LogP contribution in [0.5, 0.6) is 0 Å². The number of amides is 9. The Kier molecular flexibility index (Phi) is 22.5. The minimum atomic E-state index is -1.68. The molecule has 0 aromatic rings. The van der Waals surface area contributed by atoms with Crippen LogP contribution in [0.4, 0.5) is 0 Å². The van der Waals surface area contributed by atoms with Crippen LogP contribution in [0.2, 0.25) is 0 Å². The standard InChI is InChI=1S/C40H66N10O19/c1-15(34(59)50-21(33(43)58)9-10-26(55)49-22(37(62)46-16(2)38(63)64)8-6-7-11-44-36(61)20(41)12-25(42)54)45-35(60)17(3)66-32-28(48-19(5)53)39-65-14-24(68-39)31(32)69-40-27(47-18(4)52)30(57)29(56)23(13-51)67-40/h15-17,20-24,27-32,39-40,51,56-57H,6-14,41H2,1-5H3,(H2,42,54)(H2,43,58)(H,44,61)(H,45,60)(H,46,62)(H,47,52)(H,48,53)(H,49,55)(H,50,59)(H,63,64). The van der Waals surface area contributed by atoms with E-state index in [-0.39, 0.29) is 45.3 Å². The molecule has 3 rings (SSSR count). The fourth-order valence-corrected chi connectivity index (χ4v) is 7.41. The fraction of sp³-hybridized carbons (Fsp3) is 0.750. The number of carboxylic acid groups (broad SMARTS) is 1. The normalized spacial score (nSPS) is 27.7. The predicted octanol–water partition coefficient (Wildman–Crippen LogP) is -7.83. The average Bonchev–Trinajstić information content (AvgIpc) is 3.71. The number of unbranched alkanes of at least 4 members (excludes halogenated alkanes) is 1. The number of fused-ring (bicyclic) bond motifs is 2. The molecule has 29 nitrogen and oxygen atoms in total. The van der Waals surface area contributed by atoms with E-state index in [0.29, 0.717) is 0 Å². The quantitative estimate of drug-likeness (QED) is 0.0340. The zero-order chi connectivity index (χ0) is 51.9. The smallest absolute Gasteiger partial charge is 0.325 e. The van der Waals surface area contributed by atoms with E-state index in [1.54, 1.807) is 0 Å². The fourth-order valence-electron chi connectivity index (χ4n) is 7.41. The van der Waals surface area contributed by atoms with Gasteiger partial charge in [0.05, 0.1) is 25.7 Å². The van der Waals surface area contributed by atoms with Gasteiger partial charge in [-0.2, -0.15) is 0 Å². The summed E-state index contributed by atoms with van der Waals surface area (Å²) < 4.78 is 29.8. The third-order valence-corrected chi connectivity index (χ3v) is 11.1. The number of hydrogen-bond donors (Lipinski definition) is 14. The van der Waals surface area contributed by atoms with Crippen molar-refractivity contribution in [1.82, 2.24) is 37.2 Å². The number of hydrogen-bond acceptors (Lipinski definition) is 19. The number of carboxylic acids is 1. The number of carbonyl (C=O) groups is 10. The molecule has 3 fully saturated rings. The highest BCUT2D eigenvalue weighted by Crippen LogP contribution is 2.35. The van der Waals surface area contributed by atoms with Crippen LogP contribution in [0.25, 0.3) is 0 Å². The average molecular weight is 991 g/mol. The lowest BCUT2D eigenvalue weighted by molar-refractivity contribution is -0.313. The third kappa shape index (κ3) is 17.4. The largest absolute Gasteiger partial charge is 0.480 e. The van der Waals surface area contributed by atoms with E-state index in [1.165, 1.54) is 27.7 Å². The molecule has 3 heterocycles. The highest BCUT2D eigenvalue weighted by Gasteiger charge is 2.56. The van der Waals surface area contributed by atoms with Crippen molar-refractivity contribution in [3.05, 3.63) is 0 Å². The molecule has 0 saturated carbocycles. The van der Waals surface area contributed by atoms with Crippen LogP contribution in [0.1, 0.15) is 73.1 Å². The van der Waals surface area contributed by atoms with Crippen LogP contribution in [0, 0.1) is 0 Å². The number of ether oxygens (including phenoxy) is 5. The van der Waals surface area contributed by atoms with Crippen molar-refractivity contribution in [1.29, 1.82) is 0 Å². The topological polar surface area (TPSA) is 460 Å². The molecule has 0 aliphatic carbocycles. The van der Waals surface area contributed by atoms with Crippen molar-refractivity contribution in [2.24, 2.45) is 17.2 Å². The van der Waals surface area contributed by atoms with Gasteiger partial charge in [-0.1, -0.05) is 0 Å². The Morgan fingerprint density at radius 3 is 1.97 bits per heavy atom. The highest BCUT2D eigenvalue weighted by molar-refractivity contribution is 5.93. The van der Waals surface area contributed by atoms with E-state index >= 15 is 0 Å². The van der Waals surface area contributed by atoms with Gasteiger partial charge in [-0.05, 0) is 46.5 Å². The molecule has 29 heteroatoms. The van der Waals surface area contributed by atoms with Gasteiger partial charge in [0.15, 0.2) is 12.6 Å². The molecule has 3 aliphatic heterocycles. The Morgan fingerprint density at radius 1 is 0.739 bits per heavy atom. The van der Waals surface area contributed by atoms with Crippen molar-refractivity contribution >= 4 is 59.1 Å². The van der Waals surface area contributed by atoms with Crippen LogP contribution in [0.15, 0.2) is 0 Å². The Balaban J connectivity index is 1.65. The van der Waals surface area contributed by atoms with Gasteiger partial charge in [-0.3, -0.25) is 47.9 Å². The summed E-state index contributed by atoms with van der Waals surface area (Å²) in [6.45, 7) is 5.33. The monoisotopic (exact) mass is 990 g/mol. The maximum Gasteiger partial charge on any atom is 0.325 e. The molecule has 390 valence electrons. The first kappa shape index (κ1) is 57.7. The summed E-state index contributed by atoms with van der Waals surface area (Å²) in [5, 5.41) is 57.6. The molecule has 0 aromatic heterocycles. The highest BCUT2D eigenvalue weighted by atomic mass is 16.8. The number of nitrogens with two attached hydrogens (primary N) is 3. The molecular weight excluding hydrogens is 924 g/mol. The van der Waals surface area contributed by atoms with Crippen molar-refractivity contribution in [3.8, 4) is 0 Å². The lowest BCUT2D eigenvalue weighted by Gasteiger charge is -2.47. The van der Waals surface area contributed by atoms with E-state index in [9.17, 15) is 68.4 Å². The Labute approximate surface area is 395 Å². The molecule has 17 N–H and O–H groups in total. The minimum absolute atomic E-state index is 0.0261. The number of aliphatic carboxylic acids is 1. The van der Waals surface area contributed by atoms with E-state index in [4.69, 9.17) is 40.9 Å². The summed E-state index contributed by atoms with van der Waals surface area (Å²) in [4.78, 5) is 124. The zero-order valence-electron chi connectivity index (χ0n) is 38.7. The summed E-state index contributed by atoms with van der Waals surface area (Å²) in [7, 11) is 0. The predicted molar refractivity (Wildman–Crippen MR) is 231 cm³/mol. The molecule has 69 heavy (non-hydrogen) atoms. The zero-order valence-corrected chi connectivity index (χ0v) is 38.7. The molecule has 16 unspecified atom stereocenters. The number of primary amides is 2. The second kappa shape index (κ2) is 26.9. The molecule has 9 amide bonds. The summed E-state index contributed by atoms with van der Waals surface area (Å²) >= 11 is 0. The molecule has 0 radical (unpaired) electrons. The number of rotatable bonds is 27. The first-order valence-electron chi connectivity index (χ1n) is 22.1. The number of nitrogens with one attached hydrogen (secondary N) is 7. The second-order valence-corrected chi connectivity index (χ2v) is 16.9. The van der Waals surface area contributed by atoms with Crippen molar-refractivity contribution in [2.45, 2.75) is 171 Å². The van der Waals surface area contributed by atoms with Crippen LogP contribution in [0.3, 0.4) is 0 Å². The maximum atomic E-state index is 13.6. The van der Waals surface area contributed by atoms with Crippen LogP contribution < -0.4 is 54.4 Å². The first-order chi connectivity index (χ1) is 32.3. The van der Waals surface area contributed by atoms with Crippen molar-refractivity contribution < 1.29 is 92.1 Å². The van der Waals surface area contributed by atoms with Gasteiger partial charge >= 0.3 is 5.97 Å². The maximum absolute atomic E-state index is 13.6. The number of aliphatic hydroxyl groups excluding tert-OH is 3. The van der Waals surface area contributed by atoms with Gasteiger partial charge in [-0.15, -0.1) is 0 Å². The van der Waals surface area contributed by atoms with Gasteiger partial charge in [-0.25, -0.2) is 0 Å². The first-order valence-corrected chi connectivity index (χ1v) is 22.1. The minimum Gasteiger partial charge on any atom is -0.480 e. The van der Waals surface area contributed by atoms with E-state index < -0.39 is 170 Å². The van der Waals surface area contributed by atoms with Gasteiger partial charge in [0.25, 0.3) is 0 Å². The van der Waals surface area contributed by atoms with Crippen molar-refractivity contribution in [2.75, 3.05) is 19.8 Å². The lowest BCUT2D eigenvalue weighted by Crippen LogP contribution is -2.68. The summed E-state index contributed by atoms with van der Waals surface area (Å²) in [6, 6.07) is -9.12. The van der Waals surface area contributed by atoms with Gasteiger partial charge in [0.1, 0.15) is 79.0 Å². The van der Waals surface area contributed by atoms with E-state index in [1.807, 2.05) is 0 Å². The SMILES string of the molecule is CC(=O)NC1C(OC2C3COC(O3)C(NC(C)=O)C2OC(C)C(=O)NC(C)C(=O)NC(CCC(=O)NC(CCCCNC(=O)C(N)CC(N)=O)C(=O)NC(C)C(=O)O)C(N)=O)OC(CO)C(O)C1O. The third-order valence-electron chi connectivity index (χ3n) is 11.1. The number of carbonyl (C=O) groups excluding carboxylic acids is 9. The number of aliphatic hydroxyl groups is 3. The van der Waals surface area contributed by atoms with Crippen LogP contribution in [-0.2, 0) is 71.6 Å². The molecule has 3 saturated heterocycles. The van der Waals surface area contributed by atoms with Crippen LogP contribution in [-0.4, -0.2) is 197 Å². The summed E-state index contributed by atoms with van der Waals surface area (Å²) in [5.41, 5.74) is 16.2. The Hall–Kier alpha value is -5.66. The van der Waals surface area contributed by atoms with Crippen molar-refractivity contribution in [3.63, 3.8) is 0 Å². The van der Waals surface area contributed by atoms with Gasteiger partial charge in [0, 0.05) is 26.8 Å². The second-order valence-electron chi connectivity index (χ2n) is 16.9. The molecule has 0 aromatic carbocycles. The molecule has 16 atom stereocenters. The van der Waals surface area contributed by atoms with Gasteiger partial charge < -0.3 is 98.5 Å².